The first-order valence-corrected chi connectivity index (χ1v) is 11.5. The Kier molecular flexibility index (Phi) is 6.66. The van der Waals surface area contributed by atoms with Crippen molar-refractivity contribution >= 4 is 23.3 Å². The predicted molar refractivity (Wildman–Crippen MR) is 123 cm³/mol. The number of hydrogen-bond donors (Lipinski definition) is 3. The summed E-state index contributed by atoms with van der Waals surface area (Å²) >= 11 is 0. The van der Waals surface area contributed by atoms with Crippen molar-refractivity contribution in [2.24, 2.45) is 0 Å². The Bertz CT molecular complexity index is 958. The van der Waals surface area contributed by atoms with Gasteiger partial charge in [0.15, 0.2) is 0 Å². The molecule has 1 aromatic heterocycles. The summed E-state index contributed by atoms with van der Waals surface area (Å²) in [5.74, 6) is 0.652. The molecule has 6 nitrogen and oxygen atoms in total. The maximum absolute atomic E-state index is 12.8. The van der Waals surface area contributed by atoms with Crippen LogP contribution in [0.5, 0.6) is 0 Å². The van der Waals surface area contributed by atoms with Gasteiger partial charge < -0.3 is 16.0 Å². The highest BCUT2D eigenvalue weighted by atomic mass is 16.2. The number of fused-ring (bicyclic) bond motifs is 3. The SMILES string of the molecule is CCCCCCCCNCC(=O)Nc1ccc2c(c1)CC1(C2)C(=O)Nc2ncccc21. The molecule has 2 aliphatic rings. The van der Waals surface area contributed by atoms with Crippen molar-refractivity contribution in [1.29, 1.82) is 0 Å². The minimum absolute atomic E-state index is 0.0156. The van der Waals surface area contributed by atoms with Crippen molar-refractivity contribution < 1.29 is 9.59 Å². The molecule has 31 heavy (non-hydrogen) atoms. The predicted octanol–water partition coefficient (Wildman–Crippen LogP) is 3.96. The third-order valence-corrected chi connectivity index (χ3v) is 6.46. The molecule has 1 spiro atoms. The van der Waals surface area contributed by atoms with E-state index in [2.05, 4.69) is 27.9 Å². The van der Waals surface area contributed by atoms with Crippen LogP contribution in [0, 0.1) is 0 Å². The maximum atomic E-state index is 12.8. The number of hydrogen-bond acceptors (Lipinski definition) is 4. The molecule has 1 aliphatic heterocycles. The number of anilines is 2. The number of pyridine rings is 1. The van der Waals surface area contributed by atoms with Crippen LogP contribution in [0.3, 0.4) is 0 Å². The minimum Gasteiger partial charge on any atom is -0.325 e. The third kappa shape index (κ3) is 4.64. The molecule has 2 heterocycles. The van der Waals surface area contributed by atoms with Crippen LogP contribution in [-0.2, 0) is 27.8 Å². The van der Waals surface area contributed by atoms with E-state index in [4.69, 9.17) is 0 Å². The van der Waals surface area contributed by atoms with Crippen LogP contribution >= 0.6 is 0 Å². The first-order valence-electron chi connectivity index (χ1n) is 11.5. The molecule has 6 heteroatoms. The number of nitrogens with one attached hydrogen (secondary N) is 3. The molecule has 4 rings (SSSR count). The second kappa shape index (κ2) is 9.60. The van der Waals surface area contributed by atoms with Gasteiger partial charge >= 0.3 is 0 Å². The van der Waals surface area contributed by atoms with Gasteiger partial charge in [0, 0.05) is 17.4 Å². The van der Waals surface area contributed by atoms with E-state index >= 15 is 0 Å². The zero-order valence-corrected chi connectivity index (χ0v) is 18.3. The Balaban J connectivity index is 1.29. The molecule has 3 N–H and O–H groups in total. The monoisotopic (exact) mass is 420 g/mol. The van der Waals surface area contributed by atoms with Gasteiger partial charge in [-0.1, -0.05) is 51.2 Å². The molecule has 0 saturated heterocycles. The summed E-state index contributed by atoms with van der Waals surface area (Å²) in [6.07, 6.45) is 10.5. The molecule has 164 valence electrons. The van der Waals surface area contributed by atoms with E-state index < -0.39 is 5.41 Å². The summed E-state index contributed by atoms with van der Waals surface area (Å²) in [6, 6.07) is 9.85. The molecule has 0 fully saturated rings. The fraction of sp³-hybridized carbons (Fsp3) is 0.480. The molecule has 1 unspecified atom stereocenters. The first kappa shape index (κ1) is 21.5. The highest BCUT2D eigenvalue weighted by Crippen LogP contribution is 2.46. The highest BCUT2D eigenvalue weighted by molar-refractivity contribution is 6.06. The smallest absolute Gasteiger partial charge is 0.238 e. The van der Waals surface area contributed by atoms with Gasteiger partial charge in [0.2, 0.25) is 11.8 Å². The van der Waals surface area contributed by atoms with Crippen LogP contribution < -0.4 is 16.0 Å². The Hall–Kier alpha value is -2.73. The van der Waals surface area contributed by atoms with E-state index in [1.165, 1.54) is 32.1 Å². The summed E-state index contributed by atoms with van der Waals surface area (Å²) in [5, 5.41) is 9.15. The molecule has 1 aromatic carbocycles. The summed E-state index contributed by atoms with van der Waals surface area (Å²) in [7, 11) is 0. The van der Waals surface area contributed by atoms with E-state index in [9.17, 15) is 9.59 Å². The van der Waals surface area contributed by atoms with Gasteiger partial charge in [0.25, 0.3) is 0 Å². The molecule has 2 aromatic rings. The van der Waals surface area contributed by atoms with E-state index in [1.54, 1.807) is 6.20 Å². The molecule has 2 amide bonds. The van der Waals surface area contributed by atoms with Crippen LogP contribution in [-0.4, -0.2) is 29.9 Å². The molecular formula is C25H32N4O2. The van der Waals surface area contributed by atoms with E-state index in [-0.39, 0.29) is 11.8 Å². The maximum Gasteiger partial charge on any atom is 0.238 e. The standard InChI is InChI=1S/C25H32N4O2/c1-2-3-4-5-6-7-12-26-17-22(30)28-20-11-10-18-15-25(16-19(18)14-20)21-9-8-13-27-23(21)29-24(25)31/h8-11,13-14,26H,2-7,12,15-17H2,1H3,(H,28,30)(H,27,29,31). The largest absolute Gasteiger partial charge is 0.325 e. The number of carbonyl (C=O) groups excluding carboxylic acids is 2. The summed E-state index contributed by atoms with van der Waals surface area (Å²) in [5.41, 5.74) is 3.45. The number of carbonyl (C=O) groups is 2. The second-order valence-corrected chi connectivity index (χ2v) is 8.77. The van der Waals surface area contributed by atoms with E-state index in [0.717, 1.165) is 35.3 Å². The van der Waals surface area contributed by atoms with E-state index in [1.807, 2.05) is 30.3 Å². The molecule has 1 atom stereocenters. The Labute approximate surface area is 184 Å². The zero-order valence-electron chi connectivity index (χ0n) is 18.3. The Morgan fingerprint density at radius 2 is 1.90 bits per heavy atom. The number of nitrogens with zero attached hydrogens (tertiary/aromatic N) is 1. The fourth-order valence-corrected chi connectivity index (χ4v) is 4.78. The van der Waals surface area contributed by atoms with Gasteiger partial charge in [-0.15, -0.1) is 0 Å². The van der Waals surface area contributed by atoms with Crippen molar-refractivity contribution in [3.8, 4) is 0 Å². The van der Waals surface area contributed by atoms with Crippen LogP contribution in [0.25, 0.3) is 0 Å². The zero-order chi connectivity index (χ0) is 21.7. The normalized spacial score (nSPS) is 18.7. The average Bonchev–Trinajstić information content (AvgIpc) is 3.28. The van der Waals surface area contributed by atoms with Gasteiger partial charge in [-0.3, -0.25) is 9.59 Å². The van der Waals surface area contributed by atoms with Crippen molar-refractivity contribution in [2.75, 3.05) is 23.7 Å². The number of unbranched alkanes of at least 4 members (excludes halogenated alkanes) is 5. The minimum atomic E-state index is -0.576. The van der Waals surface area contributed by atoms with Gasteiger partial charge in [-0.25, -0.2) is 4.98 Å². The van der Waals surface area contributed by atoms with Gasteiger partial charge in [0.1, 0.15) is 5.82 Å². The van der Waals surface area contributed by atoms with Crippen LogP contribution in [0.2, 0.25) is 0 Å². The van der Waals surface area contributed by atoms with Crippen molar-refractivity contribution in [3.05, 3.63) is 53.2 Å². The average molecular weight is 421 g/mol. The van der Waals surface area contributed by atoms with Gasteiger partial charge in [-0.05, 0) is 55.1 Å². The number of rotatable bonds is 10. The summed E-state index contributed by atoms with van der Waals surface area (Å²) in [6.45, 7) is 3.41. The summed E-state index contributed by atoms with van der Waals surface area (Å²) < 4.78 is 0. The lowest BCUT2D eigenvalue weighted by atomic mass is 9.79. The quantitative estimate of drug-likeness (QED) is 0.508. The van der Waals surface area contributed by atoms with Crippen molar-refractivity contribution in [1.82, 2.24) is 10.3 Å². The Morgan fingerprint density at radius 3 is 2.77 bits per heavy atom. The van der Waals surface area contributed by atoms with Crippen LogP contribution in [0.1, 0.15) is 62.1 Å². The number of aromatic nitrogens is 1. The number of benzene rings is 1. The lowest BCUT2D eigenvalue weighted by molar-refractivity contribution is -0.120. The molecule has 0 saturated carbocycles. The molecule has 0 bridgehead atoms. The van der Waals surface area contributed by atoms with E-state index in [0.29, 0.717) is 25.2 Å². The van der Waals surface area contributed by atoms with Crippen molar-refractivity contribution in [2.45, 2.75) is 63.7 Å². The topological polar surface area (TPSA) is 83.1 Å². The highest BCUT2D eigenvalue weighted by Gasteiger charge is 2.51. The van der Waals surface area contributed by atoms with Gasteiger partial charge in [-0.2, -0.15) is 0 Å². The van der Waals surface area contributed by atoms with Crippen LogP contribution in [0.15, 0.2) is 36.5 Å². The van der Waals surface area contributed by atoms with Crippen LogP contribution in [0.4, 0.5) is 11.5 Å². The molecule has 1 aliphatic carbocycles. The van der Waals surface area contributed by atoms with Crippen molar-refractivity contribution in [3.63, 3.8) is 0 Å². The lowest BCUT2D eigenvalue weighted by Crippen LogP contribution is -2.35. The lowest BCUT2D eigenvalue weighted by Gasteiger charge is -2.20. The first-order chi connectivity index (χ1) is 15.1. The fourth-order valence-electron chi connectivity index (χ4n) is 4.78. The molecular weight excluding hydrogens is 388 g/mol. The third-order valence-electron chi connectivity index (χ3n) is 6.46. The number of amides is 2. The second-order valence-electron chi connectivity index (χ2n) is 8.77. The summed E-state index contributed by atoms with van der Waals surface area (Å²) in [4.78, 5) is 29.4. The Morgan fingerprint density at radius 1 is 1.10 bits per heavy atom. The van der Waals surface area contributed by atoms with Gasteiger partial charge in [0.05, 0.1) is 12.0 Å². The molecule has 0 radical (unpaired) electrons.